The molecule has 0 fully saturated rings. The molecule has 188 valence electrons. The molecule has 7 nitrogen and oxygen atoms in total. The minimum absolute atomic E-state index is 0.253. The first-order valence-corrected chi connectivity index (χ1v) is 11.0. The highest BCUT2D eigenvalue weighted by molar-refractivity contribution is 6.31. The number of benzene rings is 1. The van der Waals surface area contributed by atoms with Crippen molar-refractivity contribution in [3.8, 4) is 17.3 Å². The van der Waals surface area contributed by atoms with E-state index in [9.17, 15) is 23.1 Å². The zero-order valence-corrected chi connectivity index (χ0v) is 20.4. The number of aryl methyl sites for hydroxylation is 2. The van der Waals surface area contributed by atoms with E-state index in [2.05, 4.69) is 10.1 Å². The molecule has 3 heterocycles. The van der Waals surface area contributed by atoms with E-state index in [4.69, 9.17) is 19.1 Å². The molecule has 1 N–H and O–H groups in total. The lowest BCUT2D eigenvalue weighted by Crippen LogP contribution is -2.23. The SMILES string of the molecule is [2H]C([2H])(Oc1cc(C)n(-c2cc(-n3ccc(C(C)(C)O)n3)ncc2C)c(=O)c1Cl)c1c(F)cc(F)cc1F. The molecule has 0 amide bonds. The Morgan fingerprint density at radius 3 is 2.44 bits per heavy atom. The number of rotatable bonds is 6. The Morgan fingerprint density at radius 2 is 1.83 bits per heavy atom. The van der Waals surface area contributed by atoms with E-state index in [1.165, 1.54) is 28.4 Å². The van der Waals surface area contributed by atoms with Crippen LogP contribution in [0.25, 0.3) is 11.5 Å². The van der Waals surface area contributed by atoms with Gasteiger partial charge in [-0.2, -0.15) is 5.10 Å². The highest BCUT2D eigenvalue weighted by Crippen LogP contribution is 2.27. The van der Waals surface area contributed by atoms with Crippen molar-refractivity contribution in [3.05, 3.63) is 98.1 Å². The average molecular weight is 521 g/mol. The summed E-state index contributed by atoms with van der Waals surface area (Å²) in [4.78, 5) is 17.6. The average Bonchev–Trinajstić information content (AvgIpc) is 3.28. The summed E-state index contributed by atoms with van der Waals surface area (Å²) in [6, 6.07) is 5.07. The molecular weight excluding hydrogens is 497 g/mol. The van der Waals surface area contributed by atoms with Gasteiger partial charge in [-0.3, -0.25) is 9.36 Å². The summed E-state index contributed by atoms with van der Waals surface area (Å²) in [5.41, 5.74) is -1.52. The van der Waals surface area contributed by atoms with Crippen LogP contribution >= 0.6 is 11.6 Å². The number of pyridine rings is 2. The molecule has 0 bridgehead atoms. The van der Waals surface area contributed by atoms with Crippen LogP contribution in [0, 0.1) is 31.3 Å². The molecule has 0 aliphatic rings. The van der Waals surface area contributed by atoms with E-state index in [0.717, 1.165) is 0 Å². The maximum absolute atomic E-state index is 14.2. The van der Waals surface area contributed by atoms with Crippen molar-refractivity contribution < 1.29 is 25.8 Å². The lowest BCUT2D eigenvalue weighted by atomic mass is 10.1. The zero-order chi connectivity index (χ0) is 28.2. The van der Waals surface area contributed by atoms with Gasteiger partial charge in [-0.25, -0.2) is 22.8 Å². The van der Waals surface area contributed by atoms with Gasteiger partial charge >= 0.3 is 0 Å². The molecule has 4 aromatic rings. The third-order valence-corrected chi connectivity index (χ3v) is 5.67. The molecule has 4 rings (SSSR count). The van der Waals surface area contributed by atoms with Crippen molar-refractivity contribution >= 4 is 11.6 Å². The molecule has 11 heteroatoms. The molecule has 0 radical (unpaired) electrons. The largest absolute Gasteiger partial charge is 0.487 e. The molecule has 0 aliphatic heterocycles. The first-order chi connectivity index (χ1) is 17.6. The molecule has 36 heavy (non-hydrogen) atoms. The van der Waals surface area contributed by atoms with Crippen LogP contribution in [-0.4, -0.2) is 24.4 Å². The summed E-state index contributed by atoms with van der Waals surface area (Å²) in [6.45, 7) is 3.28. The van der Waals surface area contributed by atoms with Crippen molar-refractivity contribution in [1.82, 2.24) is 19.3 Å². The van der Waals surface area contributed by atoms with Crippen molar-refractivity contribution in [3.63, 3.8) is 0 Å². The topological polar surface area (TPSA) is 82.2 Å². The molecule has 0 unspecified atom stereocenters. The number of halogens is 4. The molecule has 3 aromatic heterocycles. The first-order valence-electron chi connectivity index (χ1n) is 11.6. The van der Waals surface area contributed by atoms with Crippen LogP contribution in [0.15, 0.2) is 47.5 Å². The monoisotopic (exact) mass is 520 g/mol. The van der Waals surface area contributed by atoms with Gasteiger partial charge in [0.25, 0.3) is 5.56 Å². The third kappa shape index (κ3) is 4.87. The predicted octanol–water partition coefficient (Wildman–Crippen LogP) is 4.91. The van der Waals surface area contributed by atoms with Crippen LogP contribution in [0.2, 0.25) is 5.02 Å². The Morgan fingerprint density at radius 1 is 1.17 bits per heavy atom. The number of aromatic nitrogens is 4. The van der Waals surface area contributed by atoms with Gasteiger partial charge in [-0.1, -0.05) is 11.6 Å². The molecule has 0 aliphatic carbocycles. The van der Waals surface area contributed by atoms with Crippen molar-refractivity contribution in [1.29, 1.82) is 0 Å². The summed E-state index contributed by atoms with van der Waals surface area (Å²) < 4.78 is 65.7. The van der Waals surface area contributed by atoms with Crippen LogP contribution in [0.1, 0.15) is 39.1 Å². The van der Waals surface area contributed by atoms with Gasteiger partial charge in [0.1, 0.15) is 40.4 Å². The van der Waals surface area contributed by atoms with Gasteiger partial charge in [-0.05, 0) is 39.3 Å². The van der Waals surface area contributed by atoms with E-state index in [1.807, 2.05) is 0 Å². The summed E-state index contributed by atoms with van der Waals surface area (Å²) in [5, 5.41) is 14.0. The number of hydrogen-bond acceptors (Lipinski definition) is 5. The number of nitrogens with zero attached hydrogens (tertiary/aromatic N) is 4. The highest BCUT2D eigenvalue weighted by atomic mass is 35.5. The zero-order valence-electron chi connectivity index (χ0n) is 21.6. The van der Waals surface area contributed by atoms with Gasteiger partial charge in [-0.15, -0.1) is 0 Å². The van der Waals surface area contributed by atoms with E-state index in [0.29, 0.717) is 34.9 Å². The van der Waals surface area contributed by atoms with Gasteiger partial charge < -0.3 is 9.84 Å². The lowest BCUT2D eigenvalue weighted by molar-refractivity contribution is 0.0734. The fourth-order valence-corrected chi connectivity index (χ4v) is 3.62. The predicted molar refractivity (Wildman–Crippen MR) is 127 cm³/mol. The summed E-state index contributed by atoms with van der Waals surface area (Å²) in [5.74, 6) is -4.36. The summed E-state index contributed by atoms with van der Waals surface area (Å²) in [7, 11) is 0. The Balaban J connectivity index is 1.77. The Kier molecular flexibility index (Phi) is 5.98. The fraction of sp³-hybridized carbons (Fsp3) is 0.240. The Bertz CT molecular complexity index is 1590. The number of hydrogen-bond donors (Lipinski definition) is 1. The van der Waals surface area contributed by atoms with Gasteiger partial charge in [0.15, 0.2) is 5.82 Å². The molecule has 0 saturated carbocycles. The van der Waals surface area contributed by atoms with E-state index in [1.54, 1.807) is 39.1 Å². The van der Waals surface area contributed by atoms with Gasteiger partial charge in [0.2, 0.25) is 0 Å². The van der Waals surface area contributed by atoms with Crippen molar-refractivity contribution in [2.45, 2.75) is 39.9 Å². The maximum Gasteiger partial charge on any atom is 0.277 e. The molecule has 0 atom stereocenters. The smallest absolute Gasteiger partial charge is 0.277 e. The van der Waals surface area contributed by atoms with E-state index in [-0.39, 0.29) is 5.69 Å². The fourth-order valence-electron chi connectivity index (χ4n) is 3.45. The van der Waals surface area contributed by atoms with Crippen LogP contribution in [-0.2, 0) is 12.2 Å². The van der Waals surface area contributed by atoms with Crippen LogP contribution in [0.3, 0.4) is 0 Å². The second kappa shape index (κ2) is 9.44. The van der Waals surface area contributed by atoms with E-state index >= 15 is 0 Å². The molecule has 1 aromatic carbocycles. The standard InChI is InChI=1S/C25H22ClF3N4O3/c1-13-11-30-22(32-6-5-21(31-32)25(3,4)35)10-19(13)33-14(2)7-20(23(26)24(33)34)36-12-16-17(28)8-15(27)9-18(16)29/h5-11,35H,12H2,1-4H3/i12D2. The Labute approximate surface area is 212 Å². The normalized spacial score (nSPS) is 12.9. The van der Waals surface area contributed by atoms with Gasteiger partial charge in [0, 0.05) is 42.4 Å². The van der Waals surface area contributed by atoms with Gasteiger partial charge in [0.05, 0.1) is 19.7 Å². The lowest BCUT2D eigenvalue weighted by Gasteiger charge is -2.17. The Hall–Kier alpha value is -3.63. The third-order valence-electron chi connectivity index (χ3n) is 5.32. The van der Waals surface area contributed by atoms with Crippen LogP contribution in [0.4, 0.5) is 13.2 Å². The molecular formula is C25H22ClF3N4O3. The van der Waals surface area contributed by atoms with Crippen molar-refractivity contribution in [2.75, 3.05) is 0 Å². The quantitative estimate of drug-likeness (QED) is 0.390. The molecule has 0 saturated heterocycles. The van der Waals surface area contributed by atoms with E-state index < -0.39 is 51.5 Å². The summed E-state index contributed by atoms with van der Waals surface area (Å²) in [6.07, 6.45) is 3.11. The highest BCUT2D eigenvalue weighted by Gasteiger charge is 2.21. The minimum Gasteiger partial charge on any atom is -0.487 e. The summed E-state index contributed by atoms with van der Waals surface area (Å²) >= 11 is 6.25. The minimum atomic E-state index is -3.13. The number of aliphatic hydroxyl groups is 1. The first kappa shape index (κ1) is 22.8. The number of ether oxygens (including phenoxy) is 1. The molecule has 0 spiro atoms. The van der Waals surface area contributed by atoms with Crippen LogP contribution in [0.5, 0.6) is 5.75 Å². The second-order valence-corrected chi connectivity index (χ2v) is 8.96. The maximum atomic E-state index is 14.2. The van der Waals surface area contributed by atoms with Crippen LogP contribution < -0.4 is 10.3 Å². The van der Waals surface area contributed by atoms with Crippen molar-refractivity contribution in [2.24, 2.45) is 0 Å². The second-order valence-electron chi connectivity index (χ2n) is 8.59.